The van der Waals surface area contributed by atoms with Crippen molar-refractivity contribution in [1.29, 1.82) is 0 Å². The van der Waals surface area contributed by atoms with Crippen LogP contribution in [0.15, 0.2) is 212 Å². The molecule has 0 fully saturated rings. The Bertz CT molecular complexity index is 3020. The van der Waals surface area contributed by atoms with E-state index in [1.54, 1.807) is 0 Å². The Balaban J connectivity index is 1.07. The molecule has 4 N–H and O–H groups in total. The van der Waals surface area contributed by atoms with Crippen LogP contribution in [0.3, 0.4) is 0 Å². The number of nitrogens with one attached hydrogen (secondary N) is 2. The Morgan fingerprint density at radius 3 is 1.66 bits per heavy atom. The first-order chi connectivity index (χ1) is 28.7. The van der Waals surface area contributed by atoms with Crippen LogP contribution in [-0.2, 0) is 6.54 Å². The van der Waals surface area contributed by atoms with Crippen molar-refractivity contribution >= 4 is 43.1 Å². The van der Waals surface area contributed by atoms with Crippen LogP contribution in [0, 0.1) is 0 Å². The fourth-order valence-corrected chi connectivity index (χ4v) is 8.70. The molecular formula is C55H43N3. The van der Waals surface area contributed by atoms with Gasteiger partial charge in [0.05, 0.1) is 12.3 Å². The SMILES string of the molecule is NC(NC(NCc1ccc(-c2ccccc2)cc1)c1ccc(-c2c3ccccc3c(-c3cccc4ccccc34)c3c2ccc2ccccc23)cc1)c1ccccc1. The van der Waals surface area contributed by atoms with E-state index in [1.807, 2.05) is 18.2 Å². The van der Waals surface area contributed by atoms with Gasteiger partial charge in [-0.25, -0.2) is 0 Å². The summed E-state index contributed by atoms with van der Waals surface area (Å²) in [5.41, 5.74) is 17.5. The summed E-state index contributed by atoms with van der Waals surface area (Å²) in [6.45, 7) is 0.675. The average Bonchev–Trinajstić information content (AvgIpc) is 3.30. The molecule has 0 amide bonds. The van der Waals surface area contributed by atoms with Gasteiger partial charge in [0, 0.05) is 6.54 Å². The zero-order chi connectivity index (χ0) is 38.8. The number of benzene rings is 10. The van der Waals surface area contributed by atoms with Crippen LogP contribution in [0.1, 0.15) is 29.0 Å². The normalized spacial score (nSPS) is 12.6. The Morgan fingerprint density at radius 2 is 0.931 bits per heavy atom. The molecule has 0 aliphatic heterocycles. The third-order valence-electron chi connectivity index (χ3n) is 11.6. The molecule has 10 rings (SSSR count). The summed E-state index contributed by atoms with van der Waals surface area (Å²) >= 11 is 0. The van der Waals surface area contributed by atoms with Gasteiger partial charge in [-0.2, -0.15) is 0 Å². The van der Waals surface area contributed by atoms with Crippen molar-refractivity contribution in [3.05, 3.63) is 229 Å². The van der Waals surface area contributed by atoms with E-state index in [4.69, 9.17) is 5.73 Å². The molecule has 10 aromatic rings. The molecule has 278 valence electrons. The first-order valence-corrected chi connectivity index (χ1v) is 20.1. The highest BCUT2D eigenvalue weighted by atomic mass is 15.2. The van der Waals surface area contributed by atoms with Crippen LogP contribution >= 0.6 is 0 Å². The smallest absolute Gasteiger partial charge is 0.0852 e. The summed E-state index contributed by atoms with van der Waals surface area (Å²) < 4.78 is 0. The lowest BCUT2D eigenvalue weighted by atomic mass is 9.83. The molecule has 0 aliphatic carbocycles. The molecular weight excluding hydrogens is 703 g/mol. The van der Waals surface area contributed by atoms with Gasteiger partial charge in [-0.1, -0.05) is 212 Å². The maximum atomic E-state index is 6.82. The van der Waals surface area contributed by atoms with Crippen LogP contribution in [0.5, 0.6) is 0 Å². The van der Waals surface area contributed by atoms with E-state index in [0.717, 1.165) is 11.1 Å². The van der Waals surface area contributed by atoms with Gasteiger partial charge in [0.1, 0.15) is 0 Å². The molecule has 3 heteroatoms. The lowest BCUT2D eigenvalue weighted by Gasteiger charge is -2.26. The van der Waals surface area contributed by atoms with Crippen molar-refractivity contribution < 1.29 is 0 Å². The van der Waals surface area contributed by atoms with Crippen LogP contribution in [0.4, 0.5) is 0 Å². The highest BCUT2D eigenvalue weighted by Crippen LogP contribution is 2.47. The number of hydrogen-bond acceptors (Lipinski definition) is 3. The van der Waals surface area contributed by atoms with Crippen LogP contribution in [0.25, 0.3) is 76.5 Å². The molecule has 0 aromatic heterocycles. The summed E-state index contributed by atoms with van der Waals surface area (Å²) in [6, 6.07) is 76.4. The third kappa shape index (κ3) is 6.72. The van der Waals surface area contributed by atoms with Crippen molar-refractivity contribution in [1.82, 2.24) is 10.6 Å². The molecule has 0 saturated heterocycles. The standard InChI is InChI=1S/C55H43N3/c56-54(43-18-5-2-6-19-43)58-55(57-36-37-26-28-39(29-27-37)38-14-3-1-4-15-38)44-32-30-42(31-33-44)51-48-23-11-12-24-49(48)53(47-25-13-20-40-16-7-9-21-45(40)47)52-46-22-10-8-17-41(46)34-35-50(51)52/h1-35,54-55,57-58H,36,56H2. The number of nitrogens with two attached hydrogens (primary N) is 1. The van der Waals surface area contributed by atoms with Gasteiger partial charge in [-0.05, 0) is 93.2 Å². The fourth-order valence-electron chi connectivity index (χ4n) is 8.70. The average molecular weight is 746 g/mol. The van der Waals surface area contributed by atoms with E-state index in [1.165, 1.54) is 82.0 Å². The fraction of sp³-hybridized carbons (Fsp3) is 0.0545. The van der Waals surface area contributed by atoms with E-state index in [0.29, 0.717) is 6.54 Å². The van der Waals surface area contributed by atoms with Gasteiger partial charge in [-0.3, -0.25) is 10.6 Å². The summed E-state index contributed by atoms with van der Waals surface area (Å²) in [5, 5.41) is 17.5. The zero-order valence-electron chi connectivity index (χ0n) is 32.1. The molecule has 0 heterocycles. The summed E-state index contributed by atoms with van der Waals surface area (Å²) in [5.74, 6) is 0. The second-order valence-electron chi connectivity index (χ2n) is 15.1. The van der Waals surface area contributed by atoms with E-state index in [2.05, 4.69) is 205 Å². The van der Waals surface area contributed by atoms with E-state index in [-0.39, 0.29) is 12.3 Å². The van der Waals surface area contributed by atoms with Crippen LogP contribution in [0.2, 0.25) is 0 Å². The van der Waals surface area contributed by atoms with Crippen LogP contribution < -0.4 is 16.4 Å². The van der Waals surface area contributed by atoms with E-state index < -0.39 is 0 Å². The first kappa shape index (κ1) is 35.5. The van der Waals surface area contributed by atoms with Gasteiger partial charge in [-0.15, -0.1) is 0 Å². The lowest BCUT2D eigenvalue weighted by Crippen LogP contribution is -2.39. The molecule has 0 aliphatic rings. The minimum absolute atomic E-state index is 0.204. The number of hydrogen-bond donors (Lipinski definition) is 3. The summed E-state index contributed by atoms with van der Waals surface area (Å²) in [7, 11) is 0. The van der Waals surface area contributed by atoms with Gasteiger partial charge in [0.2, 0.25) is 0 Å². The molecule has 0 saturated carbocycles. The molecule has 2 atom stereocenters. The predicted octanol–water partition coefficient (Wildman–Crippen LogP) is 13.3. The summed E-state index contributed by atoms with van der Waals surface area (Å²) in [6.07, 6.45) is -0.564. The Labute approximate surface area is 339 Å². The Kier molecular flexibility index (Phi) is 9.54. The molecule has 3 nitrogen and oxygen atoms in total. The lowest BCUT2D eigenvalue weighted by molar-refractivity contribution is 0.386. The van der Waals surface area contributed by atoms with E-state index in [9.17, 15) is 0 Å². The van der Waals surface area contributed by atoms with Crippen molar-refractivity contribution in [2.45, 2.75) is 18.9 Å². The van der Waals surface area contributed by atoms with Gasteiger partial charge in [0.25, 0.3) is 0 Å². The zero-order valence-corrected chi connectivity index (χ0v) is 32.1. The third-order valence-corrected chi connectivity index (χ3v) is 11.6. The second kappa shape index (κ2) is 15.6. The molecule has 0 bridgehead atoms. The largest absolute Gasteiger partial charge is 0.312 e. The van der Waals surface area contributed by atoms with Gasteiger partial charge >= 0.3 is 0 Å². The van der Waals surface area contributed by atoms with E-state index >= 15 is 0 Å². The van der Waals surface area contributed by atoms with Crippen molar-refractivity contribution in [3.63, 3.8) is 0 Å². The highest BCUT2D eigenvalue weighted by Gasteiger charge is 2.21. The van der Waals surface area contributed by atoms with Crippen LogP contribution in [-0.4, -0.2) is 0 Å². The van der Waals surface area contributed by atoms with Crippen molar-refractivity contribution in [2.24, 2.45) is 5.73 Å². The number of fused-ring (bicyclic) bond motifs is 5. The van der Waals surface area contributed by atoms with Crippen molar-refractivity contribution in [2.75, 3.05) is 0 Å². The second-order valence-corrected chi connectivity index (χ2v) is 15.1. The first-order valence-electron chi connectivity index (χ1n) is 20.1. The van der Waals surface area contributed by atoms with Gasteiger partial charge in [0.15, 0.2) is 0 Å². The molecule has 2 unspecified atom stereocenters. The molecule has 0 radical (unpaired) electrons. The van der Waals surface area contributed by atoms with Crippen molar-refractivity contribution in [3.8, 4) is 33.4 Å². The quantitative estimate of drug-likeness (QED) is 0.0742. The minimum atomic E-state index is -0.360. The monoisotopic (exact) mass is 745 g/mol. The maximum Gasteiger partial charge on any atom is 0.0852 e. The minimum Gasteiger partial charge on any atom is -0.312 e. The molecule has 58 heavy (non-hydrogen) atoms. The van der Waals surface area contributed by atoms with Gasteiger partial charge < -0.3 is 5.73 Å². The molecule has 0 spiro atoms. The molecule has 10 aromatic carbocycles. The predicted molar refractivity (Wildman–Crippen MR) is 245 cm³/mol. The highest BCUT2D eigenvalue weighted by molar-refractivity contribution is 6.29. The summed E-state index contributed by atoms with van der Waals surface area (Å²) in [4.78, 5) is 0. The topological polar surface area (TPSA) is 50.1 Å². The Morgan fingerprint density at radius 1 is 0.379 bits per heavy atom. The number of rotatable bonds is 10. The maximum absolute atomic E-state index is 6.82. The Hall–Kier alpha value is -6.88.